The van der Waals surface area contributed by atoms with Crippen LogP contribution in [0.3, 0.4) is 0 Å². The zero-order valence-electron chi connectivity index (χ0n) is 13.5. The third kappa shape index (κ3) is 3.48. The molecule has 0 saturated heterocycles. The quantitative estimate of drug-likeness (QED) is 0.545. The minimum atomic E-state index is -0.157. The van der Waals surface area contributed by atoms with Gasteiger partial charge in [-0.05, 0) is 41.8 Å². The first-order chi connectivity index (χ1) is 12.2. The number of hydrogen-bond donors (Lipinski definition) is 2. The van der Waals surface area contributed by atoms with Gasteiger partial charge < -0.3 is 10.3 Å². The van der Waals surface area contributed by atoms with Gasteiger partial charge >= 0.3 is 0 Å². The van der Waals surface area contributed by atoms with Crippen molar-refractivity contribution in [1.82, 2.24) is 15.3 Å². The maximum atomic E-state index is 12.3. The summed E-state index contributed by atoms with van der Waals surface area (Å²) in [5.74, 6) is 0.194. The monoisotopic (exact) mass is 371 g/mol. The Kier molecular flexibility index (Phi) is 4.59. The van der Waals surface area contributed by atoms with Crippen LogP contribution in [0, 0.1) is 0 Å². The fraction of sp³-hybridized carbons (Fsp3) is 0.278. The largest absolute Gasteiger partial charge is 0.349 e. The lowest BCUT2D eigenvalue weighted by Gasteiger charge is -2.26. The van der Waals surface area contributed by atoms with Gasteiger partial charge in [0.1, 0.15) is 4.83 Å². The predicted octanol–water partition coefficient (Wildman–Crippen LogP) is 3.27. The molecule has 25 heavy (non-hydrogen) atoms. The second kappa shape index (κ2) is 7.01. The Morgan fingerprint density at radius 3 is 3.16 bits per heavy atom. The molecule has 1 atom stereocenters. The molecule has 1 aromatic carbocycles. The standard InChI is InChI=1S/C18H17N3O2S2/c22-15(19-14-7-3-5-11-4-1-2-6-12(11)14)10-25-18-20-16(23)13-8-9-24-17(13)21-18/h1-2,4,6,8-9,14H,3,5,7,10H2,(H,19,22)(H,20,21,23)/t14-/m1/s1. The van der Waals surface area contributed by atoms with Crippen molar-refractivity contribution in [2.24, 2.45) is 0 Å². The summed E-state index contributed by atoms with van der Waals surface area (Å²) in [5.41, 5.74) is 2.38. The number of aromatic nitrogens is 2. The lowest BCUT2D eigenvalue weighted by atomic mass is 9.88. The number of amides is 1. The number of benzene rings is 1. The summed E-state index contributed by atoms with van der Waals surface area (Å²) in [6.45, 7) is 0. The molecule has 0 fully saturated rings. The summed E-state index contributed by atoms with van der Waals surface area (Å²) < 4.78 is 0. The number of H-pyrrole nitrogens is 1. The van der Waals surface area contributed by atoms with Gasteiger partial charge in [0.15, 0.2) is 5.16 Å². The molecular weight excluding hydrogens is 354 g/mol. The van der Waals surface area contributed by atoms with Gasteiger partial charge in [-0.2, -0.15) is 0 Å². The van der Waals surface area contributed by atoms with Gasteiger partial charge in [0.2, 0.25) is 5.91 Å². The maximum Gasteiger partial charge on any atom is 0.260 e. The van der Waals surface area contributed by atoms with Crippen molar-refractivity contribution >= 4 is 39.2 Å². The lowest BCUT2D eigenvalue weighted by Crippen LogP contribution is -2.32. The fourth-order valence-electron chi connectivity index (χ4n) is 3.19. The first-order valence-electron chi connectivity index (χ1n) is 8.18. The summed E-state index contributed by atoms with van der Waals surface area (Å²) in [6, 6.07) is 10.1. The van der Waals surface area contributed by atoms with Crippen LogP contribution >= 0.6 is 23.1 Å². The number of fused-ring (bicyclic) bond motifs is 2. The summed E-state index contributed by atoms with van der Waals surface area (Å²) in [6.07, 6.45) is 3.12. The molecule has 2 heterocycles. The molecular formula is C18H17N3O2S2. The number of nitrogens with one attached hydrogen (secondary N) is 2. The van der Waals surface area contributed by atoms with Gasteiger partial charge in [0.05, 0.1) is 17.2 Å². The van der Waals surface area contributed by atoms with Gasteiger partial charge in [0, 0.05) is 0 Å². The first-order valence-corrected chi connectivity index (χ1v) is 10.0. The van der Waals surface area contributed by atoms with Crippen molar-refractivity contribution in [2.75, 3.05) is 5.75 Å². The van der Waals surface area contributed by atoms with Crippen molar-refractivity contribution < 1.29 is 4.79 Å². The van der Waals surface area contributed by atoms with E-state index in [1.165, 1.54) is 34.2 Å². The molecule has 7 heteroatoms. The second-order valence-corrected chi connectivity index (χ2v) is 7.87. The van der Waals surface area contributed by atoms with E-state index in [-0.39, 0.29) is 23.3 Å². The van der Waals surface area contributed by atoms with Crippen LogP contribution in [0.4, 0.5) is 0 Å². The summed E-state index contributed by atoms with van der Waals surface area (Å²) in [7, 11) is 0. The maximum absolute atomic E-state index is 12.3. The average molecular weight is 371 g/mol. The highest BCUT2D eigenvalue weighted by Crippen LogP contribution is 2.29. The van der Waals surface area contributed by atoms with Crippen LogP contribution in [0.1, 0.15) is 30.0 Å². The molecule has 2 aromatic heterocycles. The Labute approximate surface area is 152 Å². The Bertz CT molecular complexity index is 980. The van der Waals surface area contributed by atoms with Crippen molar-refractivity contribution in [3.05, 3.63) is 57.2 Å². The Morgan fingerprint density at radius 2 is 2.24 bits per heavy atom. The highest BCUT2D eigenvalue weighted by atomic mass is 32.2. The number of carbonyl (C=O) groups is 1. The van der Waals surface area contributed by atoms with E-state index >= 15 is 0 Å². The van der Waals surface area contributed by atoms with Crippen molar-refractivity contribution in [2.45, 2.75) is 30.5 Å². The molecule has 5 nitrogen and oxygen atoms in total. The number of nitrogens with zero attached hydrogens (tertiary/aromatic N) is 1. The van der Waals surface area contributed by atoms with Crippen LogP contribution in [0.15, 0.2) is 45.7 Å². The predicted molar refractivity (Wildman–Crippen MR) is 101 cm³/mol. The topological polar surface area (TPSA) is 74.8 Å². The van der Waals surface area contributed by atoms with Gasteiger partial charge in [-0.25, -0.2) is 4.98 Å². The molecule has 1 aliphatic rings. The zero-order valence-corrected chi connectivity index (χ0v) is 15.1. The van der Waals surface area contributed by atoms with Crippen molar-refractivity contribution in [3.8, 4) is 0 Å². The molecule has 0 unspecified atom stereocenters. The van der Waals surface area contributed by atoms with Crippen LogP contribution in [0.2, 0.25) is 0 Å². The fourth-order valence-corrected chi connectivity index (χ4v) is 4.68. The number of hydrogen-bond acceptors (Lipinski definition) is 5. The van der Waals surface area contributed by atoms with E-state index in [9.17, 15) is 9.59 Å². The van der Waals surface area contributed by atoms with Gasteiger partial charge in [0.25, 0.3) is 5.56 Å². The number of thiophene rings is 1. The molecule has 1 aliphatic carbocycles. The molecule has 0 radical (unpaired) electrons. The van der Waals surface area contributed by atoms with Crippen LogP contribution < -0.4 is 10.9 Å². The van der Waals surface area contributed by atoms with Crippen molar-refractivity contribution in [1.29, 1.82) is 0 Å². The van der Waals surface area contributed by atoms with Crippen LogP contribution in [-0.2, 0) is 11.2 Å². The number of thioether (sulfide) groups is 1. The number of carbonyl (C=O) groups excluding carboxylic acids is 1. The van der Waals surface area contributed by atoms with Crippen LogP contribution in [0.25, 0.3) is 10.2 Å². The van der Waals surface area contributed by atoms with Gasteiger partial charge in [-0.1, -0.05) is 36.0 Å². The molecule has 3 aromatic rings. The van der Waals surface area contributed by atoms with Crippen molar-refractivity contribution in [3.63, 3.8) is 0 Å². The average Bonchev–Trinajstić information content (AvgIpc) is 3.10. The summed E-state index contributed by atoms with van der Waals surface area (Å²) in [4.78, 5) is 32.1. The molecule has 2 N–H and O–H groups in total. The Hall–Kier alpha value is -2.12. The smallest absolute Gasteiger partial charge is 0.260 e. The summed E-state index contributed by atoms with van der Waals surface area (Å²) in [5, 5.41) is 6.04. The summed E-state index contributed by atoms with van der Waals surface area (Å²) >= 11 is 2.68. The second-order valence-electron chi connectivity index (χ2n) is 6.01. The molecule has 1 amide bonds. The molecule has 0 spiro atoms. The van der Waals surface area contributed by atoms with E-state index in [1.54, 1.807) is 6.07 Å². The van der Waals surface area contributed by atoms with E-state index in [4.69, 9.17) is 0 Å². The molecule has 0 saturated carbocycles. The van der Waals surface area contributed by atoms with E-state index in [1.807, 2.05) is 17.5 Å². The SMILES string of the molecule is O=C(CSc1nc2sccc2c(=O)[nH]1)N[C@@H]1CCCc2ccccc21. The Morgan fingerprint density at radius 1 is 1.36 bits per heavy atom. The van der Waals surface area contributed by atoms with E-state index in [0.29, 0.717) is 15.4 Å². The van der Waals surface area contributed by atoms with E-state index < -0.39 is 0 Å². The number of aryl methyl sites for hydroxylation is 1. The number of aromatic amines is 1. The van der Waals surface area contributed by atoms with Crippen LogP contribution in [-0.4, -0.2) is 21.6 Å². The molecule has 128 valence electrons. The van der Waals surface area contributed by atoms with E-state index in [2.05, 4.69) is 27.4 Å². The van der Waals surface area contributed by atoms with Gasteiger partial charge in [-0.15, -0.1) is 11.3 Å². The third-order valence-corrected chi connectivity index (χ3v) is 6.04. The van der Waals surface area contributed by atoms with Gasteiger partial charge in [-0.3, -0.25) is 9.59 Å². The highest BCUT2D eigenvalue weighted by molar-refractivity contribution is 7.99. The normalized spacial score (nSPS) is 16.6. The number of rotatable bonds is 4. The third-order valence-electron chi connectivity index (χ3n) is 4.36. The zero-order chi connectivity index (χ0) is 17.2. The first kappa shape index (κ1) is 16.4. The highest BCUT2D eigenvalue weighted by Gasteiger charge is 2.21. The molecule has 0 bridgehead atoms. The minimum absolute atomic E-state index is 0.0411. The minimum Gasteiger partial charge on any atom is -0.349 e. The molecule has 4 rings (SSSR count). The Balaban J connectivity index is 1.42. The van der Waals surface area contributed by atoms with Crippen LogP contribution in [0.5, 0.6) is 0 Å². The lowest BCUT2D eigenvalue weighted by molar-refractivity contribution is -0.119. The van der Waals surface area contributed by atoms with E-state index in [0.717, 1.165) is 19.3 Å². The molecule has 0 aliphatic heterocycles.